The van der Waals surface area contributed by atoms with Crippen LogP contribution < -0.4 is 9.47 Å². The number of amides is 1. The number of aromatic nitrogens is 3. The van der Waals surface area contributed by atoms with Crippen LogP contribution in [-0.2, 0) is 4.79 Å². The molecule has 8 heteroatoms. The van der Waals surface area contributed by atoms with E-state index in [1.54, 1.807) is 24.2 Å². The smallest absolute Gasteiger partial charge is 0.278 e. The molecule has 28 heavy (non-hydrogen) atoms. The van der Waals surface area contributed by atoms with Crippen molar-refractivity contribution in [3.8, 4) is 11.8 Å². The summed E-state index contributed by atoms with van der Waals surface area (Å²) in [6, 6.07) is 8.11. The summed E-state index contributed by atoms with van der Waals surface area (Å²) in [4.78, 5) is 27.2. The fourth-order valence-corrected chi connectivity index (χ4v) is 4.28. The zero-order valence-electron chi connectivity index (χ0n) is 15.6. The minimum atomic E-state index is -0.110. The van der Waals surface area contributed by atoms with Crippen molar-refractivity contribution >= 4 is 28.6 Å². The predicted octanol–water partition coefficient (Wildman–Crippen LogP) is 3.13. The number of benzene rings is 1. The number of carbonyl (C=O) groups is 1. The molecule has 0 radical (unpaired) electrons. The van der Waals surface area contributed by atoms with Gasteiger partial charge in [-0.15, -0.1) is 11.8 Å². The highest BCUT2D eigenvalue weighted by atomic mass is 32.2. The number of hydrogen-bond donors (Lipinski definition) is 1. The van der Waals surface area contributed by atoms with Gasteiger partial charge in [-0.2, -0.15) is 0 Å². The summed E-state index contributed by atoms with van der Waals surface area (Å²) >= 11 is 1.56. The number of ether oxygens (including phenoxy) is 2. The number of para-hydroxylation sites is 1. The highest BCUT2D eigenvalue weighted by Crippen LogP contribution is 2.28. The van der Waals surface area contributed by atoms with Gasteiger partial charge in [0, 0.05) is 40.9 Å². The molecule has 0 aliphatic carbocycles. The molecule has 0 saturated carbocycles. The largest absolute Gasteiger partial charge is 0.477 e. The molecule has 0 spiro atoms. The Kier molecular flexibility index (Phi) is 5.66. The summed E-state index contributed by atoms with van der Waals surface area (Å²) in [7, 11) is 1.54. The number of rotatable bonds is 6. The van der Waals surface area contributed by atoms with E-state index in [-0.39, 0.29) is 12.0 Å². The van der Waals surface area contributed by atoms with Gasteiger partial charge in [-0.1, -0.05) is 18.2 Å². The molecule has 146 valence electrons. The van der Waals surface area contributed by atoms with Crippen LogP contribution in [0.2, 0.25) is 0 Å². The first-order chi connectivity index (χ1) is 13.7. The summed E-state index contributed by atoms with van der Waals surface area (Å²) in [6.45, 7) is 1.30. The quantitative estimate of drug-likeness (QED) is 0.643. The Morgan fingerprint density at radius 1 is 1.29 bits per heavy atom. The van der Waals surface area contributed by atoms with Crippen molar-refractivity contribution in [1.29, 1.82) is 0 Å². The molecule has 7 nitrogen and oxygen atoms in total. The Morgan fingerprint density at radius 2 is 2.11 bits per heavy atom. The second kappa shape index (κ2) is 8.52. The number of thioether (sulfide) groups is 1. The van der Waals surface area contributed by atoms with Crippen LogP contribution in [0.1, 0.15) is 12.8 Å². The van der Waals surface area contributed by atoms with Crippen molar-refractivity contribution in [2.24, 2.45) is 0 Å². The fourth-order valence-electron chi connectivity index (χ4n) is 3.35. The minimum Gasteiger partial charge on any atom is -0.477 e. The molecular weight excluding hydrogens is 376 g/mol. The zero-order chi connectivity index (χ0) is 19.3. The summed E-state index contributed by atoms with van der Waals surface area (Å²) < 4.78 is 11.2. The Morgan fingerprint density at radius 3 is 2.96 bits per heavy atom. The van der Waals surface area contributed by atoms with E-state index in [1.807, 2.05) is 29.3 Å². The van der Waals surface area contributed by atoms with Crippen LogP contribution in [0.25, 0.3) is 10.9 Å². The van der Waals surface area contributed by atoms with Gasteiger partial charge in [0.15, 0.2) is 0 Å². The van der Waals surface area contributed by atoms with E-state index in [1.165, 1.54) is 7.11 Å². The van der Waals surface area contributed by atoms with Gasteiger partial charge in [0.1, 0.15) is 6.10 Å². The summed E-state index contributed by atoms with van der Waals surface area (Å²) in [6.07, 6.45) is 6.76. The third kappa shape index (κ3) is 4.06. The van der Waals surface area contributed by atoms with E-state index >= 15 is 0 Å². The van der Waals surface area contributed by atoms with Crippen molar-refractivity contribution < 1.29 is 14.3 Å². The number of fused-ring (bicyclic) bond motifs is 1. The van der Waals surface area contributed by atoms with Crippen molar-refractivity contribution in [2.45, 2.75) is 23.8 Å². The number of nitrogens with one attached hydrogen (secondary N) is 1. The summed E-state index contributed by atoms with van der Waals surface area (Å²) in [5.74, 6) is 1.26. The van der Waals surface area contributed by atoms with E-state index < -0.39 is 0 Å². The first kappa shape index (κ1) is 18.6. The lowest BCUT2D eigenvalue weighted by atomic mass is 10.1. The van der Waals surface area contributed by atoms with Gasteiger partial charge in [0.2, 0.25) is 5.91 Å². The molecule has 1 saturated heterocycles. The average molecular weight is 398 g/mol. The lowest BCUT2D eigenvalue weighted by molar-refractivity contribution is -0.130. The first-order valence-corrected chi connectivity index (χ1v) is 10.2. The van der Waals surface area contributed by atoms with Gasteiger partial charge in [-0.3, -0.25) is 4.79 Å². The monoisotopic (exact) mass is 398 g/mol. The van der Waals surface area contributed by atoms with Gasteiger partial charge >= 0.3 is 0 Å². The van der Waals surface area contributed by atoms with Gasteiger partial charge in [0.25, 0.3) is 11.8 Å². The van der Waals surface area contributed by atoms with Crippen LogP contribution in [0.3, 0.4) is 0 Å². The van der Waals surface area contributed by atoms with Crippen molar-refractivity contribution in [3.63, 3.8) is 0 Å². The Bertz CT molecular complexity index is 961. The van der Waals surface area contributed by atoms with Gasteiger partial charge in [0.05, 0.1) is 19.4 Å². The first-order valence-electron chi connectivity index (χ1n) is 9.23. The number of likely N-dealkylation sites (tertiary alicyclic amines) is 1. The Labute approximate surface area is 167 Å². The third-order valence-corrected chi connectivity index (χ3v) is 5.78. The van der Waals surface area contributed by atoms with Crippen LogP contribution in [0.4, 0.5) is 0 Å². The van der Waals surface area contributed by atoms with Crippen molar-refractivity contribution in [1.82, 2.24) is 19.9 Å². The van der Waals surface area contributed by atoms with Gasteiger partial charge < -0.3 is 19.4 Å². The van der Waals surface area contributed by atoms with E-state index in [4.69, 9.17) is 9.47 Å². The zero-order valence-corrected chi connectivity index (χ0v) is 16.4. The topological polar surface area (TPSA) is 80.3 Å². The molecule has 3 aromatic rings. The molecule has 1 N–H and O–H groups in total. The molecule has 4 rings (SSSR count). The number of piperidine rings is 1. The molecule has 0 bridgehead atoms. The van der Waals surface area contributed by atoms with E-state index in [2.05, 4.69) is 21.0 Å². The minimum absolute atomic E-state index is 0.110. The van der Waals surface area contributed by atoms with Crippen LogP contribution >= 0.6 is 11.8 Å². The number of hydrogen-bond acceptors (Lipinski definition) is 6. The van der Waals surface area contributed by atoms with Crippen molar-refractivity contribution in [2.75, 3.05) is 26.0 Å². The number of aromatic amines is 1. The Balaban J connectivity index is 1.35. The van der Waals surface area contributed by atoms with E-state index in [0.29, 0.717) is 24.1 Å². The average Bonchev–Trinajstić information content (AvgIpc) is 3.16. The van der Waals surface area contributed by atoms with Crippen LogP contribution in [0, 0.1) is 0 Å². The van der Waals surface area contributed by atoms with Gasteiger partial charge in [-0.05, 0) is 18.9 Å². The maximum atomic E-state index is 12.7. The number of H-pyrrole nitrogens is 1. The predicted molar refractivity (Wildman–Crippen MR) is 108 cm³/mol. The third-order valence-electron chi connectivity index (χ3n) is 4.74. The lowest BCUT2D eigenvalue weighted by Crippen LogP contribution is -2.45. The molecule has 1 unspecified atom stereocenters. The number of nitrogens with zero attached hydrogens (tertiary/aromatic N) is 3. The maximum Gasteiger partial charge on any atom is 0.278 e. The fraction of sp³-hybridized carbons (Fsp3) is 0.350. The van der Waals surface area contributed by atoms with Crippen LogP contribution in [0.5, 0.6) is 11.8 Å². The van der Waals surface area contributed by atoms with Gasteiger partial charge in [-0.25, -0.2) is 9.97 Å². The van der Waals surface area contributed by atoms with E-state index in [9.17, 15) is 4.79 Å². The lowest BCUT2D eigenvalue weighted by Gasteiger charge is -2.32. The molecule has 1 amide bonds. The maximum absolute atomic E-state index is 12.7. The van der Waals surface area contributed by atoms with Crippen molar-refractivity contribution in [3.05, 3.63) is 42.9 Å². The van der Waals surface area contributed by atoms with E-state index in [0.717, 1.165) is 35.2 Å². The summed E-state index contributed by atoms with van der Waals surface area (Å²) in [5.41, 5.74) is 1.09. The molecule has 1 aliphatic heterocycles. The second-order valence-electron chi connectivity index (χ2n) is 6.58. The highest BCUT2D eigenvalue weighted by Gasteiger charge is 2.26. The number of carbonyl (C=O) groups excluding carboxylic acids is 1. The Hall–Kier alpha value is -2.74. The SMILES string of the molecule is COc1nccnc1OC1CCCN(C(=O)CSc2c[nH]c3ccccc23)C1. The van der Waals surface area contributed by atoms with Crippen LogP contribution in [0.15, 0.2) is 47.8 Å². The normalized spacial score (nSPS) is 16.9. The molecule has 2 aromatic heterocycles. The number of methoxy groups -OCH3 is 1. The molecule has 1 fully saturated rings. The molecular formula is C20H22N4O3S. The molecule has 3 heterocycles. The summed E-state index contributed by atoms with van der Waals surface area (Å²) in [5, 5.41) is 1.15. The second-order valence-corrected chi connectivity index (χ2v) is 7.60. The standard InChI is InChI=1S/C20H22N4O3S/c1-26-19-20(22-9-8-21-19)27-14-5-4-10-24(12-14)18(25)13-28-17-11-23-16-7-3-2-6-15(16)17/h2-3,6-9,11,14,23H,4-5,10,12-13H2,1H3. The molecule has 1 atom stereocenters. The van der Waals surface area contributed by atoms with Crippen LogP contribution in [-0.4, -0.2) is 57.8 Å². The molecule has 1 aromatic carbocycles. The molecule has 1 aliphatic rings. The highest BCUT2D eigenvalue weighted by molar-refractivity contribution is 8.00.